The molecule has 2 amide bonds. The van der Waals surface area contributed by atoms with Crippen LogP contribution in [0.2, 0.25) is 0 Å². The van der Waals surface area contributed by atoms with Crippen LogP contribution in [0.25, 0.3) is 11.0 Å². The maximum atomic E-state index is 13.2. The normalized spacial score (nSPS) is 15.2. The third-order valence-corrected chi connectivity index (χ3v) is 5.91. The molecular formula is C25H28N4O4. The average molecular weight is 449 g/mol. The molecule has 3 aromatic rings. The fourth-order valence-electron chi connectivity index (χ4n) is 3.92. The minimum Gasteiger partial charge on any atom is -0.508 e. The second-order valence-electron chi connectivity index (χ2n) is 8.32. The molecule has 2 heterocycles. The summed E-state index contributed by atoms with van der Waals surface area (Å²) in [6, 6.07) is 11.7. The summed E-state index contributed by atoms with van der Waals surface area (Å²) >= 11 is 0. The number of nitrogens with zero attached hydrogens (tertiary/aromatic N) is 4. The van der Waals surface area contributed by atoms with Crippen molar-refractivity contribution in [2.75, 3.05) is 26.2 Å². The quantitative estimate of drug-likeness (QED) is 0.659. The van der Waals surface area contributed by atoms with Crippen LogP contribution in [-0.4, -0.2) is 69.0 Å². The van der Waals surface area contributed by atoms with Gasteiger partial charge in [-0.2, -0.15) is 0 Å². The van der Waals surface area contributed by atoms with Crippen molar-refractivity contribution in [2.24, 2.45) is 0 Å². The van der Waals surface area contributed by atoms with E-state index in [2.05, 4.69) is 9.97 Å². The van der Waals surface area contributed by atoms with E-state index in [4.69, 9.17) is 4.74 Å². The Kier molecular flexibility index (Phi) is 6.44. The standard InChI is InChI=1S/C25H28N4O4/c1-16-17(2)27-23-15-19(5-10-22(23)26-16)25(32)29-12-4-11-28(13-14-29)24(31)18(3)33-21-8-6-20(30)7-9-21/h5-10,15,18,30H,4,11-14H2,1-3H3. The summed E-state index contributed by atoms with van der Waals surface area (Å²) < 4.78 is 5.73. The van der Waals surface area contributed by atoms with E-state index >= 15 is 0 Å². The van der Waals surface area contributed by atoms with Crippen molar-refractivity contribution in [2.45, 2.75) is 33.3 Å². The van der Waals surface area contributed by atoms with Gasteiger partial charge in [0.1, 0.15) is 11.5 Å². The molecule has 1 fully saturated rings. The highest BCUT2D eigenvalue weighted by Crippen LogP contribution is 2.19. The lowest BCUT2D eigenvalue weighted by Crippen LogP contribution is -2.43. The zero-order valence-electron chi connectivity index (χ0n) is 19.1. The molecule has 8 nitrogen and oxygen atoms in total. The number of aromatic hydroxyl groups is 1. The number of fused-ring (bicyclic) bond motifs is 1. The summed E-state index contributed by atoms with van der Waals surface area (Å²) in [7, 11) is 0. The predicted octanol–water partition coefficient (Wildman–Crippen LogP) is 3.09. The van der Waals surface area contributed by atoms with Gasteiger partial charge in [0.25, 0.3) is 11.8 Å². The number of hydrogen-bond acceptors (Lipinski definition) is 6. The highest BCUT2D eigenvalue weighted by Gasteiger charge is 2.26. The van der Waals surface area contributed by atoms with Crippen molar-refractivity contribution >= 4 is 22.8 Å². The number of hydrogen-bond donors (Lipinski definition) is 1. The topological polar surface area (TPSA) is 95.9 Å². The Morgan fingerprint density at radius 1 is 0.909 bits per heavy atom. The highest BCUT2D eigenvalue weighted by atomic mass is 16.5. The molecule has 8 heteroatoms. The molecule has 4 rings (SSSR count). The van der Waals surface area contributed by atoms with Crippen LogP contribution in [0.1, 0.15) is 35.1 Å². The van der Waals surface area contributed by atoms with Crippen molar-refractivity contribution in [1.29, 1.82) is 0 Å². The lowest BCUT2D eigenvalue weighted by molar-refractivity contribution is -0.137. The monoisotopic (exact) mass is 448 g/mol. The molecule has 1 aliphatic heterocycles. The predicted molar refractivity (Wildman–Crippen MR) is 124 cm³/mol. The van der Waals surface area contributed by atoms with Gasteiger partial charge < -0.3 is 19.6 Å². The molecular weight excluding hydrogens is 420 g/mol. The second-order valence-corrected chi connectivity index (χ2v) is 8.32. The number of carbonyl (C=O) groups excluding carboxylic acids is 2. The minimum atomic E-state index is -0.664. The Hall–Kier alpha value is -3.68. The number of aryl methyl sites for hydroxylation is 2. The third kappa shape index (κ3) is 5.05. The van der Waals surface area contributed by atoms with Crippen molar-refractivity contribution < 1.29 is 19.4 Å². The Labute approximate surface area is 192 Å². The number of ether oxygens (including phenoxy) is 1. The first-order valence-corrected chi connectivity index (χ1v) is 11.1. The zero-order valence-corrected chi connectivity index (χ0v) is 19.1. The molecule has 0 radical (unpaired) electrons. The van der Waals surface area contributed by atoms with E-state index in [0.717, 1.165) is 16.9 Å². The average Bonchev–Trinajstić information content (AvgIpc) is 3.06. The SMILES string of the molecule is Cc1nc2ccc(C(=O)N3CCCN(C(=O)C(C)Oc4ccc(O)cc4)CC3)cc2nc1C. The van der Waals surface area contributed by atoms with E-state index in [0.29, 0.717) is 49.4 Å². The Balaban J connectivity index is 1.40. The molecule has 1 aliphatic rings. The molecule has 1 N–H and O–H groups in total. The van der Waals surface area contributed by atoms with Crippen LogP contribution >= 0.6 is 0 Å². The molecule has 1 unspecified atom stereocenters. The van der Waals surface area contributed by atoms with Gasteiger partial charge in [-0.1, -0.05) is 0 Å². The van der Waals surface area contributed by atoms with Gasteiger partial charge in [-0.15, -0.1) is 0 Å². The first kappa shape index (κ1) is 22.5. The van der Waals surface area contributed by atoms with Crippen LogP contribution in [0.3, 0.4) is 0 Å². The number of aromatic nitrogens is 2. The Bertz CT molecular complexity index is 1180. The van der Waals surface area contributed by atoms with Crippen LogP contribution in [0, 0.1) is 13.8 Å². The molecule has 1 atom stereocenters. The Morgan fingerprint density at radius 3 is 2.27 bits per heavy atom. The summed E-state index contributed by atoms with van der Waals surface area (Å²) in [5.41, 5.74) is 3.77. The smallest absolute Gasteiger partial charge is 0.263 e. The van der Waals surface area contributed by atoms with E-state index in [1.165, 1.54) is 12.1 Å². The summed E-state index contributed by atoms with van der Waals surface area (Å²) in [6.45, 7) is 7.57. The lowest BCUT2D eigenvalue weighted by atomic mass is 10.1. The van der Waals surface area contributed by atoms with E-state index in [1.54, 1.807) is 41.0 Å². The number of phenolic OH excluding ortho intramolecular Hbond substituents is 1. The van der Waals surface area contributed by atoms with Crippen molar-refractivity contribution in [3.05, 3.63) is 59.4 Å². The minimum absolute atomic E-state index is 0.0698. The summed E-state index contributed by atoms with van der Waals surface area (Å²) in [6.07, 6.45) is 0.0253. The fourth-order valence-corrected chi connectivity index (χ4v) is 3.92. The summed E-state index contributed by atoms with van der Waals surface area (Å²) in [5.74, 6) is 0.469. The van der Waals surface area contributed by atoms with Crippen LogP contribution in [0.4, 0.5) is 0 Å². The van der Waals surface area contributed by atoms with Crippen LogP contribution < -0.4 is 4.74 Å². The van der Waals surface area contributed by atoms with E-state index in [1.807, 2.05) is 19.9 Å². The van der Waals surface area contributed by atoms with E-state index in [-0.39, 0.29) is 17.6 Å². The molecule has 33 heavy (non-hydrogen) atoms. The molecule has 1 saturated heterocycles. The van der Waals surface area contributed by atoms with Crippen molar-refractivity contribution in [3.63, 3.8) is 0 Å². The molecule has 0 spiro atoms. The van der Waals surface area contributed by atoms with Gasteiger partial charge in [-0.05, 0) is 69.7 Å². The van der Waals surface area contributed by atoms with Gasteiger partial charge in [0.05, 0.1) is 22.4 Å². The van der Waals surface area contributed by atoms with Gasteiger partial charge >= 0.3 is 0 Å². The molecule has 1 aromatic heterocycles. The Morgan fingerprint density at radius 2 is 1.55 bits per heavy atom. The van der Waals surface area contributed by atoms with Crippen molar-refractivity contribution in [1.82, 2.24) is 19.8 Å². The van der Waals surface area contributed by atoms with Crippen LogP contribution in [0.5, 0.6) is 11.5 Å². The molecule has 0 aliphatic carbocycles. The highest BCUT2D eigenvalue weighted by molar-refractivity contribution is 5.97. The first-order valence-electron chi connectivity index (χ1n) is 11.1. The van der Waals surface area contributed by atoms with Gasteiger partial charge in [-0.25, -0.2) is 9.97 Å². The number of amides is 2. The maximum absolute atomic E-state index is 13.2. The maximum Gasteiger partial charge on any atom is 0.263 e. The molecule has 0 saturated carbocycles. The summed E-state index contributed by atoms with van der Waals surface area (Å²) in [4.78, 5) is 38.7. The largest absolute Gasteiger partial charge is 0.508 e. The van der Waals surface area contributed by atoms with Gasteiger partial charge in [0, 0.05) is 31.7 Å². The molecule has 2 aromatic carbocycles. The van der Waals surface area contributed by atoms with Crippen molar-refractivity contribution in [3.8, 4) is 11.5 Å². The van der Waals surface area contributed by atoms with Crippen LogP contribution in [0.15, 0.2) is 42.5 Å². The fraction of sp³-hybridized carbons (Fsp3) is 0.360. The van der Waals surface area contributed by atoms with E-state index in [9.17, 15) is 14.7 Å². The number of rotatable bonds is 4. The van der Waals surface area contributed by atoms with E-state index < -0.39 is 6.10 Å². The number of carbonyl (C=O) groups is 2. The second kappa shape index (κ2) is 9.44. The third-order valence-electron chi connectivity index (χ3n) is 5.91. The zero-order chi connectivity index (χ0) is 23.5. The number of phenols is 1. The van der Waals surface area contributed by atoms with Gasteiger partial charge in [-0.3, -0.25) is 9.59 Å². The van der Waals surface area contributed by atoms with Gasteiger partial charge in [0.2, 0.25) is 0 Å². The molecule has 172 valence electrons. The van der Waals surface area contributed by atoms with Gasteiger partial charge in [0.15, 0.2) is 6.10 Å². The first-order chi connectivity index (χ1) is 15.8. The summed E-state index contributed by atoms with van der Waals surface area (Å²) in [5, 5.41) is 9.39. The van der Waals surface area contributed by atoms with Crippen LogP contribution in [-0.2, 0) is 4.79 Å². The molecule has 0 bridgehead atoms. The lowest BCUT2D eigenvalue weighted by Gasteiger charge is -2.25. The number of benzene rings is 2.